The van der Waals surface area contributed by atoms with Gasteiger partial charge in [-0.1, -0.05) is 192 Å². The number of fused-ring (bicyclic) bond motifs is 2. The van der Waals surface area contributed by atoms with E-state index in [1.165, 1.54) is 38.8 Å². The highest BCUT2D eigenvalue weighted by molar-refractivity contribution is 6.20. The summed E-state index contributed by atoms with van der Waals surface area (Å²) in [4.78, 5) is 92.7. The highest BCUT2D eigenvalue weighted by atomic mass is 19.1. The van der Waals surface area contributed by atoms with E-state index < -0.39 is 52.3 Å². The Balaban J connectivity index is -0.000000206. The number of carbonyl (C=O) groups excluding carboxylic acids is 8. The smallest absolute Gasteiger partial charge is 0.328 e. The van der Waals surface area contributed by atoms with E-state index in [0.717, 1.165) is 34.5 Å². The highest BCUT2D eigenvalue weighted by Gasteiger charge is 2.53. The van der Waals surface area contributed by atoms with Crippen molar-refractivity contribution in [3.05, 3.63) is 125 Å². The normalized spacial score (nSPS) is 13.1. The molecule has 2 fully saturated rings. The van der Waals surface area contributed by atoms with Crippen LogP contribution in [0.15, 0.2) is 97.1 Å². The molecule has 0 unspecified atom stereocenters. The highest BCUT2D eigenvalue weighted by Crippen LogP contribution is 2.35. The van der Waals surface area contributed by atoms with Crippen LogP contribution >= 0.6 is 0 Å². The Kier molecular flexibility index (Phi) is 56.4. The maximum absolute atomic E-state index is 12.4. The van der Waals surface area contributed by atoms with Crippen LogP contribution in [0.1, 0.15) is 163 Å². The zero-order valence-electron chi connectivity index (χ0n) is 52.5. The van der Waals surface area contributed by atoms with Crippen molar-refractivity contribution in [2.45, 2.75) is 144 Å². The van der Waals surface area contributed by atoms with Gasteiger partial charge in [0.1, 0.15) is 16.6 Å². The molecule has 2 saturated heterocycles. The number of benzene rings is 4. The van der Waals surface area contributed by atoms with Gasteiger partial charge in [0.2, 0.25) is 23.6 Å². The third-order valence-electron chi connectivity index (χ3n) is 10.6. The average molecular weight is 1120 g/mol. The molecule has 4 aliphatic heterocycles. The topological polar surface area (TPSA) is 250 Å². The fourth-order valence-corrected chi connectivity index (χ4v) is 6.83. The van der Waals surface area contributed by atoms with Crippen LogP contribution in [-0.2, 0) is 32.0 Å². The summed E-state index contributed by atoms with van der Waals surface area (Å²) in [5.74, 6) is -2.64. The number of carbonyl (C=O) groups is 8. The summed E-state index contributed by atoms with van der Waals surface area (Å²) in [5.41, 5.74) is 7.33. The van der Waals surface area contributed by atoms with Gasteiger partial charge in [-0.15, -0.1) is 0 Å². The van der Waals surface area contributed by atoms with Crippen LogP contribution < -0.4 is 43.0 Å². The molecule has 4 heterocycles. The molecule has 0 aliphatic carbocycles. The van der Waals surface area contributed by atoms with Crippen molar-refractivity contribution in [3.63, 3.8) is 0 Å². The maximum Gasteiger partial charge on any atom is 0.328 e. The van der Waals surface area contributed by atoms with Gasteiger partial charge in [-0.25, -0.2) is 14.0 Å². The van der Waals surface area contributed by atoms with E-state index >= 15 is 0 Å². The number of aldehydes is 2. The summed E-state index contributed by atoms with van der Waals surface area (Å²) < 4.78 is 12.4. The maximum atomic E-state index is 12.4. The van der Waals surface area contributed by atoms with E-state index in [9.17, 15) is 42.7 Å². The number of amides is 8. The van der Waals surface area contributed by atoms with Gasteiger partial charge >= 0.3 is 12.1 Å². The lowest BCUT2D eigenvalue weighted by Crippen LogP contribution is -2.66. The number of urea groups is 2. The summed E-state index contributed by atoms with van der Waals surface area (Å²) in [6, 6.07) is 26.7. The number of hydrogen-bond acceptors (Lipinski definition) is 13. The second kappa shape index (κ2) is 53.7. The monoisotopic (exact) mass is 1120 g/mol. The Labute approximate surface area is 481 Å². The molecule has 0 saturated carbocycles. The first-order chi connectivity index (χ1) is 38.8. The Morgan fingerprint density at radius 1 is 0.475 bits per heavy atom. The number of nitrogens with one attached hydrogen (secondary N) is 7. The second-order valence-corrected chi connectivity index (χ2v) is 14.2. The summed E-state index contributed by atoms with van der Waals surface area (Å²) in [6.45, 7) is 42.5. The Morgan fingerprint density at radius 3 is 1.02 bits per heavy atom. The lowest BCUT2D eigenvalue weighted by molar-refractivity contribution is -0.145. The van der Waals surface area contributed by atoms with Crippen LogP contribution in [-0.4, -0.2) is 100.0 Å². The first kappa shape index (κ1) is 84.0. The summed E-state index contributed by atoms with van der Waals surface area (Å²) in [7, 11) is 3.29. The van der Waals surface area contributed by atoms with Crippen LogP contribution in [0.4, 0.5) is 31.0 Å². The molecular formula is C62H104FN9O8. The van der Waals surface area contributed by atoms with E-state index in [1.807, 2.05) is 178 Å². The number of nitrogens with zero attached hydrogens (tertiary/aromatic N) is 1. The molecule has 4 aromatic rings. The predicted molar refractivity (Wildman–Crippen MR) is 333 cm³/mol. The number of rotatable bonds is 6. The molecule has 18 heteroatoms. The molecule has 452 valence electrons. The van der Waals surface area contributed by atoms with Gasteiger partial charge in [0, 0.05) is 42.8 Å². The minimum Gasteiger partial charge on any atom is -0.388 e. The molecule has 0 atom stereocenters. The molecule has 0 radical (unpaired) electrons. The summed E-state index contributed by atoms with van der Waals surface area (Å²) >= 11 is 0. The predicted octanol–water partition coefficient (Wildman–Crippen LogP) is 12.3. The molecule has 4 aliphatic rings. The number of hydrogen-bond donors (Lipinski definition) is 8. The fourth-order valence-electron chi connectivity index (χ4n) is 6.83. The van der Waals surface area contributed by atoms with Crippen LogP contribution in [0.5, 0.6) is 0 Å². The van der Waals surface area contributed by atoms with Crippen LogP contribution in [0.3, 0.4) is 0 Å². The molecule has 0 bridgehead atoms. The van der Waals surface area contributed by atoms with Crippen LogP contribution in [0.25, 0.3) is 0 Å². The van der Waals surface area contributed by atoms with E-state index in [1.54, 1.807) is 25.2 Å². The third kappa shape index (κ3) is 28.0. The largest absolute Gasteiger partial charge is 0.388 e. The lowest BCUT2D eigenvalue weighted by Gasteiger charge is -2.38. The zero-order valence-corrected chi connectivity index (χ0v) is 52.5. The molecule has 17 nitrogen and oxygen atoms in total. The lowest BCUT2D eigenvalue weighted by atomic mass is 9.76. The summed E-state index contributed by atoms with van der Waals surface area (Å²) in [6.07, 6.45) is 1.92. The molecule has 2 spiro atoms. The van der Waals surface area contributed by atoms with Crippen molar-refractivity contribution < 1.29 is 42.7 Å². The van der Waals surface area contributed by atoms with Crippen molar-refractivity contribution in [2.75, 3.05) is 62.8 Å². The fraction of sp³-hybridized carbons (Fsp3) is 0.484. The number of anilines is 3. The van der Waals surface area contributed by atoms with Crippen molar-refractivity contribution in [3.8, 4) is 0 Å². The minimum atomic E-state index is -1.23. The van der Waals surface area contributed by atoms with Crippen LogP contribution in [0, 0.1) is 16.6 Å². The molecule has 8 rings (SSSR count). The number of barbiturate groups is 2. The average Bonchev–Trinajstić information content (AvgIpc) is 3.53. The third-order valence-corrected chi connectivity index (χ3v) is 10.6. The van der Waals surface area contributed by atoms with Crippen molar-refractivity contribution >= 4 is 65.3 Å². The van der Waals surface area contributed by atoms with Gasteiger partial charge < -0.3 is 26.6 Å². The Bertz CT molecular complexity index is 2140. The van der Waals surface area contributed by atoms with Crippen LogP contribution in [0.2, 0.25) is 0 Å². The SMILES string of the molecule is CC.CC.CC.CC.CC.CC.CC.CC.CCN(CC)CC.CN.CNc1ccccc1C=O.O=C1NC(=O)C2(CNc3ccccc3C2)C(=O)N1.O=C1NC(=O)C2(CNc3ccccc3C2)C(=O)N1.O=Cc1ccccc1F. The number of halogens is 1. The van der Waals surface area contributed by atoms with E-state index in [0.29, 0.717) is 24.7 Å². The molecular weight excluding hydrogens is 1020 g/mol. The standard InChI is InChI=1S/2C12H11N3O3.C8H9NO.C7H5FO.C6H15N.8C2H6.CH5N/c2*16-9-12(10(17)15-11(18)14-9)5-7-3-1-2-4-8(7)13-6-12;1-9-8-5-3-2-4-7(8)6-10;8-7-4-2-1-3-6(7)5-9;1-4-7(5-2)6-3;9*1-2/h2*1-4,13H,5-6H2,(H2,14,15,16,17,18);2-6,9H,1H3;1-5H;4-6H2,1-3H3;8*1-2H3;2H2,1H3. The van der Waals surface area contributed by atoms with Crippen molar-refractivity contribution in [1.82, 2.24) is 26.2 Å². The Hall–Kier alpha value is -7.31. The quantitative estimate of drug-likeness (QED) is 0.0662. The number of para-hydroxylation sites is 3. The van der Waals surface area contributed by atoms with E-state index in [4.69, 9.17) is 0 Å². The van der Waals surface area contributed by atoms with Gasteiger partial charge in [0.25, 0.3) is 0 Å². The van der Waals surface area contributed by atoms with Gasteiger partial charge in [-0.05, 0) is 87.0 Å². The van der Waals surface area contributed by atoms with E-state index in [-0.39, 0.29) is 18.7 Å². The minimum absolute atomic E-state index is 0.109. The van der Waals surface area contributed by atoms with Gasteiger partial charge in [-0.3, -0.25) is 50.0 Å². The number of nitrogens with two attached hydrogens (primary N) is 1. The Morgan fingerprint density at radius 2 is 0.762 bits per heavy atom. The first-order valence-electron chi connectivity index (χ1n) is 28.5. The van der Waals surface area contributed by atoms with Gasteiger partial charge in [0.15, 0.2) is 12.6 Å². The molecule has 9 N–H and O–H groups in total. The zero-order chi connectivity index (χ0) is 63.3. The molecule has 80 heavy (non-hydrogen) atoms. The second-order valence-electron chi connectivity index (χ2n) is 14.2. The van der Waals surface area contributed by atoms with E-state index in [2.05, 4.69) is 68.6 Å². The molecule has 8 amide bonds. The summed E-state index contributed by atoms with van der Waals surface area (Å²) in [5, 5.41) is 17.7. The van der Waals surface area contributed by atoms with Gasteiger partial charge in [0.05, 0.1) is 5.56 Å². The van der Waals surface area contributed by atoms with Gasteiger partial charge in [-0.2, -0.15) is 0 Å². The van der Waals surface area contributed by atoms with Crippen molar-refractivity contribution in [1.29, 1.82) is 0 Å². The number of imide groups is 4. The van der Waals surface area contributed by atoms with Crippen molar-refractivity contribution in [2.24, 2.45) is 16.6 Å². The molecule has 4 aromatic carbocycles. The first-order valence-corrected chi connectivity index (χ1v) is 28.5. The molecule has 0 aromatic heterocycles.